The van der Waals surface area contributed by atoms with E-state index in [-0.39, 0.29) is 66.9 Å². The van der Waals surface area contributed by atoms with Crippen molar-refractivity contribution in [2.24, 2.45) is 23.7 Å². The number of likely N-dealkylation sites (tertiary alicyclic amines) is 1. The summed E-state index contributed by atoms with van der Waals surface area (Å²) in [5.74, 6) is -2.77. The summed E-state index contributed by atoms with van der Waals surface area (Å²) in [4.78, 5) is 97.0. The zero-order valence-corrected chi connectivity index (χ0v) is 41.1. The van der Waals surface area contributed by atoms with Crippen LogP contribution in [0, 0.1) is 30.6 Å². The number of imide groups is 1. The summed E-state index contributed by atoms with van der Waals surface area (Å²) in [6, 6.07) is 2.72. The maximum atomic E-state index is 14.3. The van der Waals surface area contributed by atoms with E-state index in [1.54, 1.807) is 27.9 Å². The second-order valence-electron chi connectivity index (χ2n) is 19.1. The van der Waals surface area contributed by atoms with Crippen molar-refractivity contribution in [1.29, 1.82) is 0 Å². The molecule has 3 saturated heterocycles. The van der Waals surface area contributed by atoms with E-state index < -0.39 is 70.7 Å². The molecule has 4 bridgehead atoms. The van der Waals surface area contributed by atoms with Crippen molar-refractivity contribution in [2.45, 2.75) is 140 Å². The molecule has 1 aromatic carbocycles. The van der Waals surface area contributed by atoms with Crippen LogP contribution in [-0.4, -0.2) is 131 Å². The van der Waals surface area contributed by atoms with Crippen LogP contribution in [0.5, 0.6) is 0 Å². The van der Waals surface area contributed by atoms with Crippen molar-refractivity contribution in [1.82, 2.24) is 20.4 Å². The fourth-order valence-corrected chi connectivity index (χ4v) is 11.0. The second-order valence-corrected chi connectivity index (χ2v) is 20.8. The van der Waals surface area contributed by atoms with Gasteiger partial charge in [0.2, 0.25) is 29.5 Å². The van der Waals surface area contributed by atoms with Crippen molar-refractivity contribution in [2.75, 3.05) is 38.3 Å². The minimum absolute atomic E-state index is 0.0162. The van der Waals surface area contributed by atoms with Gasteiger partial charge in [0.05, 0.1) is 28.5 Å². The number of nitrogens with one attached hydrogen (secondary N) is 2. The number of alkyl carbamates (subject to hydrolysis) is 1. The number of likely N-dealkylation sites (N-methyl/N-ethyl adjacent to an activating group) is 1. The third-order valence-corrected chi connectivity index (χ3v) is 16.1. The van der Waals surface area contributed by atoms with Gasteiger partial charge in [0, 0.05) is 70.5 Å². The number of carbonyl (C=O) groups is 7. The van der Waals surface area contributed by atoms with Gasteiger partial charge in [0.1, 0.15) is 29.6 Å². The molecule has 4 aliphatic heterocycles. The summed E-state index contributed by atoms with van der Waals surface area (Å²) in [7, 11) is 4.71. The average Bonchev–Trinajstić information content (AvgIpc) is 3.90. The Morgan fingerprint density at radius 2 is 1.79 bits per heavy atom. The number of benzene rings is 1. The number of hydrogen-bond acceptors (Lipinski definition) is 12. The molecule has 3 N–H and O–H groups in total. The van der Waals surface area contributed by atoms with Gasteiger partial charge in [0.15, 0.2) is 0 Å². The Morgan fingerprint density at radius 1 is 1.09 bits per heavy atom. The third kappa shape index (κ3) is 11.3. The second kappa shape index (κ2) is 20.8. The number of aliphatic hydroxyl groups is 1. The van der Waals surface area contributed by atoms with Gasteiger partial charge in [-0.05, 0) is 82.9 Å². The van der Waals surface area contributed by atoms with Crippen molar-refractivity contribution in [3.63, 3.8) is 0 Å². The van der Waals surface area contributed by atoms with Crippen LogP contribution in [0.25, 0.3) is 0 Å². The topological polar surface area (TPSA) is 204 Å². The number of aryl methyl sites for hydroxylation is 1. The Balaban J connectivity index is 1.13. The van der Waals surface area contributed by atoms with Crippen molar-refractivity contribution >= 4 is 70.6 Å². The zero-order valence-electron chi connectivity index (χ0n) is 39.5. The Bertz CT molecular complexity index is 2150. The van der Waals surface area contributed by atoms with Gasteiger partial charge in [-0.2, -0.15) is 0 Å². The molecule has 362 valence electrons. The van der Waals surface area contributed by atoms with Gasteiger partial charge in [-0.15, -0.1) is 11.8 Å². The van der Waals surface area contributed by atoms with Crippen LogP contribution in [0.15, 0.2) is 35.9 Å². The predicted molar refractivity (Wildman–Crippen MR) is 249 cm³/mol. The molecule has 9 atom stereocenters. The first-order valence-corrected chi connectivity index (χ1v) is 24.4. The van der Waals surface area contributed by atoms with Crippen LogP contribution in [0.4, 0.5) is 10.5 Å². The zero-order chi connectivity index (χ0) is 48.4. The van der Waals surface area contributed by atoms with Gasteiger partial charge in [-0.25, -0.2) is 9.59 Å². The highest BCUT2D eigenvalue weighted by Gasteiger charge is 2.64. The van der Waals surface area contributed by atoms with E-state index in [1.165, 1.54) is 40.4 Å². The van der Waals surface area contributed by atoms with Crippen LogP contribution in [0.2, 0.25) is 5.02 Å². The summed E-state index contributed by atoms with van der Waals surface area (Å²) in [6.07, 6.45) is 5.41. The summed E-state index contributed by atoms with van der Waals surface area (Å²) < 4.78 is 18.2. The van der Waals surface area contributed by atoms with E-state index in [2.05, 4.69) is 10.6 Å². The molecule has 1 aromatic rings. The third-order valence-electron chi connectivity index (χ3n) is 14.4. The van der Waals surface area contributed by atoms with Crippen LogP contribution in [0.3, 0.4) is 0 Å². The maximum absolute atomic E-state index is 14.3. The lowest BCUT2D eigenvalue weighted by molar-refractivity contribution is -0.162. The van der Waals surface area contributed by atoms with E-state index in [0.29, 0.717) is 36.5 Å². The molecule has 0 spiro atoms. The van der Waals surface area contributed by atoms with Crippen molar-refractivity contribution < 1.29 is 52.9 Å². The van der Waals surface area contributed by atoms with Crippen LogP contribution in [0.1, 0.15) is 97.1 Å². The number of allylic oxidation sites excluding steroid dienone is 3. The molecule has 66 heavy (non-hydrogen) atoms. The molecule has 1 unspecified atom stereocenters. The number of fused-ring (bicyclic) bond motifs is 5. The molecule has 0 radical (unpaired) electrons. The Hall–Kier alpha value is -4.45. The molecule has 1 aliphatic carbocycles. The number of carbonyl (C=O) groups excluding carboxylic acids is 7. The minimum atomic E-state index is -1.64. The molecular weight excluding hydrogens is 890 g/mol. The minimum Gasteiger partial charge on any atom is -0.457 e. The monoisotopic (exact) mass is 955 g/mol. The number of ether oxygens (including phenoxy) is 3. The van der Waals surface area contributed by atoms with Crippen molar-refractivity contribution in [3.8, 4) is 0 Å². The number of esters is 1. The van der Waals surface area contributed by atoms with Gasteiger partial charge in [0.25, 0.3) is 0 Å². The molecule has 18 heteroatoms. The normalized spacial score (nSPS) is 33.4. The lowest BCUT2D eigenvalue weighted by Crippen LogP contribution is -2.60. The Morgan fingerprint density at radius 3 is 2.47 bits per heavy atom. The van der Waals surface area contributed by atoms with Crippen LogP contribution in [-0.2, 0) is 49.4 Å². The summed E-state index contributed by atoms with van der Waals surface area (Å²) in [5.41, 5.74) is 0.279. The highest BCUT2D eigenvalue weighted by atomic mass is 35.5. The number of halogens is 1. The first-order chi connectivity index (χ1) is 31.1. The first-order valence-electron chi connectivity index (χ1n) is 23.0. The lowest BCUT2D eigenvalue weighted by Gasteiger charge is -2.41. The first kappa shape index (κ1) is 51.0. The Labute approximate surface area is 396 Å². The highest BCUT2D eigenvalue weighted by Crippen LogP contribution is 2.49. The molecular formula is C48H66ClN5O11S. The average molecular weight is 957 g/mol. The Kier molecular flexibility index (Phi) is 16.1. The molecule has 4 fully saturated rings. The number of rotatable bonds is 10. The number of amides is 6. The lowest BCUT2D eigenvalue weighted by atomic mass is 9.81. The quantitative estimate of drug-likeness (QED) is 0.157. The molecule has 0 aromatic heterocycles. The van der Waals surface area contributed by atoms with E-state index >= 15 is 0 Å². The molecule has 5 aliphatic rings. The smallest absolute Gasteiger partial charge is 0.409 e. The highest BCUT2D eigenvalue weighted by molar-refractivity contribution is 8.00. The maximum Gasteiger partial charge on any atom is 0.409 e. The molecule has 16 nitrogen and oxygen atoms in total. The van der Waals surface area contributed by atoms with Gasteiger partial charge < -0.3 is 34.4 Å². The number of epoxide rings is 1. The standard InChI is InChI=1S/C48H66ClN5O11S/c1-26-11-10-12-28(3)48(62)24-35(63-46(61)51-48)29(4)42-47(6,65-42)37(23-39(56)53(9)34-21-32(19-26)20-27(2)41(34)49)64-45(60)30(5)52(8)38(55)17-18-66-36-22-40(57)54(44(36)59)25-31-13-15-33(16-14-31)43(58)50-7/h10-12,20-21,28-31,33,35-37,42,62H,13-19,22-25H2,1-9H3,(H,50,58)(H,51,61)/b12-10+,26-11+/t28-,29-,30+,31?,33?,35+,36?,37+,42+,47+,48+/m1/s1. The van der Waals surface area contributed by atoms with Gasteiger partial charge in [-0.3, -0.25) is 34.2 Å². The summed E-state index contributed by atoms with van der Waals surface area (Å²) in [6.45, 7) is 11.0. The fraction of sp³-hybridized carbons (Fsp3) is 0.646. The number of nitrogens with zero attached hydrogens (tertiary/aromatic N) is 3. The van der Waals surface area contributed by atoms with Crippen molar-refractivity contribution in [3.05, 3.63) is 52.1 Å². The van der Waals surface area contributed by atoms with Gasteiger partial charge in [-0.1, -0.05) is 55.3 Å². The van der Waals surface area contributed by atoms with Crippen LogP contribution >= 0.6 is 23.4 Å². The van der Waals surface area contributed by atoms with E-state index in [4.69, 9.17) is 25.8 Å². The number of thioether (sulfide) groups is 1. The van der Waals surface area contributed by atoms with E-state index in [0.717, 1.165) is 29.5 Å². The number of anilines is 1. The molecule has 6 amide bonds. The summed E-state index contributed by atoms with van der Waals surface area (Å²) in [5, 5.41) is 16.8. The summed E-state index contributed by atoms with van der Waals surface area (Å²) >= 11 is 8.05. The molecule has 1 saturated carbocycles. The van der Waals surface area contributed by atoms with E-state index in [9.17, 15) is 38.7 Å². The largest absolute Gasteiger partial charge is 0.457 e. The predicted octanol–water partition coefficient (Wildman–Crippen LogP) is 5.24. The molecule has 4 heterocycles. The van der Waals surface area contributed by atoms with E-state index in [1.807, 2.05) is 51.1 Å². The molecule has 6 rings (SSSR count). The number of hydrogen-bond donors (Lipinski definition) is 3. The van der Waals surface area contributed by atoms with Gasteiger partial charge >= 0.3 is 12.1 Å². The van der Waals surface area contributed by atoms with Crippen LogP contribution < -0.4 is 15.5 Å². The fourth-order valence-electron chi connectivity index (χ4n) is 9.67. The SMILES string of the molecule is CNC(=O)C1CCC(CN2C(=O)CC(SCCC(=O)N(C)[C@@H](C)C(=O)O[C@H]3CC(=O)N(C)c4cc(cc(C)c4Cl)C/C(C)=C/C=C/[C@@H](C)[C@@]4(O)C[C@H](OC(=O)N4)[C@@H](C)[C@@H]4O[C@@]34C)C2=O)CC1.